The van der Waals surface area contributed by atoms with Gasteiger partial charge in [0.25, 0.3) is 0 Å². The van der Waals surface area contributed by atoms with Crippen molar-refractivity contribution < 1.29 is 14.7 Å². The third kappa shape index (κ3) is 4.26. The van der Waals surface area contributed by atoms with E-state index in [-0.39, 0.29) is 18.4 Å². The lowest BCUT2D eigenvalue weighted by Crippen LogP contribution is -2.44. The molecule has 0 aliphatic carbocycles. The van der Waals surface area contributed by atoms with Crippen molar-refractivity contribution >= 4 is 11.9 Å². The first-order valence-corrected chi connectivity index (χ1v) is 7.18. The second kappa shape index (κ2) is 7.17. The Morgan fingerprint density at radius 3 is 2.76 bits per heavy atom. The maximum absolute atomic E-state index is 12.1. The Kier molecular flexibility index (Phi) is 5.27. The zero-order valence-electron chi connectivity index (χ0n) is 12.2. The molecule has 6 heteroatoms. The molecule has 0 atom stereocenters. The van der Waals surface area contributed by atoms with E-state index in [1.54, 1.807) is 17.3 Å². The average Bonchev–Trinajstić information content (AvgIpc) is 2.49. The van der Waals surface area contributed by atoms with Crippen LogP contribution in [0.2, 0.25) is 0 Å². The molecule has 0 unspecified atom stereocenters. The Labute approximate surface area is 124 Å². The van der Waals surface area contributed by atoms with Crippen molar-refractivity contribution in [3.63, 3.8) is 0 Å². The maximum atomic E-state index is 12.1. The third-order valence-corrected chi connectivity index (χ3v) is 3.93. The van der Waals surface area contributed by atoms with Crippen LogP contribution in [-0.2, 0) is 16.1 Å². The predicted octanol–water partition coefficient (Wildman–Crippen LogP) is 0.803. The zero-order chi connectivity index (χ0) is 15.2. The first-order valence-electron chi connectivity index (χ1n) is 7.18. The number of piperidine rings is 1. The van der Waals surface area contributed by atoms with Gasteiger partial charge in [0.1, 0.15) is 0 Å². The molecule has 1 fully saturated rings. The van der Waals surface area contributed by atoms with Crippen LogP contribution in [0.15, 0.2) is 18.5 Å². The number of aliphatic carboxylic acids is 1. The number of nitrogens with zero attached hydrogens (tertiary/aromatic N) is 2. The van der Waals surface area contributed by atoms with Gasteiger partial charge in [0.15, 0.2) is 0 Å². The Balaban J connectivity index is 1.73. The number of carboxylic acid groups (broad SMARTS) is 1. The first-order chi connectivity index (χ1) is 10.1. The van der Waals surface area contributed by atoms with E-state index >= 15 is 0 Å². The number of carboxylic acids is 1. The topological polar surface area (TPSA) is 82.5 Å². The molecular weight excluding hydrogens is 270 g/mol. The van der Waals surface area contributed by atoms with Crippen molar-refractivity contribution in [1.29, 1.82) is 0 Å². The molecule has 6 nitrogen and oxygen atoms in total. The summed E-state index contributed by atoms with van der Waals surface area (Å²) in [6.07, 6.45) is 4.63. The molecule has 1 aliphatic rings. The van der Waals surface area contributed by atoms with Crippen molar-refractivity contribution in [1.82, 2.24) is 15.2 Å². The number of carbonyl (C=O) groups is 2. The van der Waals surface area contributed by atoms with Gasteiger partial charge in [-0.3, -0.25) is 14.6 Å². The summed E-state index contributed by atoms with van der Waals surface area (Å²) in [6.45, 7) is 3.96. The molecule has 1 aromatic rings. The smallest absolute Gasteiger partial charge is 0.306 e. The standard InChI is InChI=1S/C15H21N3O3/c1-11-8-16-5-2-13(11)9-17-10-14(19)18-6-3-12(4-7-18)15(20)21/h2,5,8,12,17H,3-4,6-7,9-10H2,1H3,(H,20,21). The molecule has 0 radical (unpaired) electrons. The van der Waals surface area contributed by atoms with Gasteiger partial charge in [-0.2, -0.15) is 0 Å². The van der Waals surface area contributed by atoms with Crippen molar-refractivity contribution in [2.24, 2.45) is 5.92 Å². The van der Waals surface area contributed by atoms with Crippen LogP contribution in [0.3, 0.4) is 0 Å². The van der Waals surface area contributed by atoms with Crippen LogP contribution in [0.4, 0.5) is 0 Å². The van der Waals surface area contributed by atoms with Crippen molar-refractivity contribution in [2.75, 3.05) is 19.6 Å². The lowest BCUT2D eigenvalue weighted by molar-refractivity contribution is -0.145. The van der Waals surface area contributed by atoms with Gasteiger partial charge in [-0.15, -0.1) is 0 Å². The highest BCUT2D eigenvalue weighted by Gasteiger charge is 2.26. The zero-order valence-corrected chi connectivity index (χ0v) is 12.2. The number of aryl methyl sites for hydroxylation is 1. The molecule has 1 saturated heterocycles. The van der Waals surface area contributed by atoms with Crippen molar-refractivity contribution in [3.8, 4) is 0 Å². The number of rotatable bonds is 5. The summed E-state index contributed by atoms with van der Waals surface area (Å²) in [5.41, 5.74) is 2.22. The van der Waals surface area contributed by atoms with Gasteiger partial charge in [-0.05, 0) is 37.0 Å². The number of aromatic nitrogens is 1. The fourth-order valence-corrected chi connectivity index (χ4v) is 2.49. The Morgan fingerprint density at radius 1 is 1.43 bits per heavy atom. The number of pyridine rings is 1. The van der Waals surface area contributed by atoms with Gasteiger partial charge in [-0.25, -0.2) is 0 Å². The molecule has 114 valence electrons. The minimum atomic E-state index is -0.756. The number of carbonyl (C=O) groups excluding carboxylic acids is 1. The quantitative estimate of drug-likeness (QED) is 0.838. The van der Waals surface area contributed by atoms with Gasteiger partial charge < -0.3 is 15.3 Å². The fourth-order valence-electron chi connectivity index (χ4n) is 2.49. The summed E-state index contributed by atoms with van der Waals surface area (Å²) >= 11 is 0. The van der Waals surface area contributed by atoms with E-state index in [0.717, 1.165) is 11.1 Å². The highest BCUT2D eigenvalue weighted by atomic mass is 16.4. The summed E-state index contributed by atoms with van der Waals surface area (Å²) in [6, 6.07) is 1.94. The lowest BCUT2D eigenvalue weighted by Gasteiger charge is -2.30. The first kappa shape index (κ1) is 15.4. The molecule has 1 aliphatic heterocycles. The van der Waals surface area contributed by atoms with Crippen LogP contribution in [0.5, 0.6) is 0 Å². The number of amides is 1. The molecule has 0 bridgehead atoms. The van der Waals surface area contributed by atoms with Crippen LogP contribution in [0.25, 0.3) is 0 Å². The predicted molar refractivity (Wildman–Crippen MR) is 77.6 cm³/mol. The highest BCUT2D eigenvalue weighted by molar-refractivity contribution is 5.78. The van der Waals surface area contributed by atoms with E-state index in [1.165, 1.54) is 0 Å². The fraction of sp³-hybridized carbons (Fsp3) is 0.533. The van der Waals surface area contributed by atoms with E-state index in [9.17, 15) is 9.59 Å². The van der Waals surface area contributed by atoms with E-state index in [1.807, 2.05) is 13.0 Å². The van der Waals surface area contributed by atoms with Crippen LogP contribution in [-0.4, -0.2) is 46.5 Å². The Hall–Kier alpha value is -1.95. The normalized spacial score (nSPS) is 16.0. The van der Waals surface area contributed by atoms with Crippen LogP contribution >= 0.6 is 0 Å². The minimum Gasteiger partial charge on any atom is -0.481 e. The molecule has 21 heavy (non-hydrogen) atoms. The Bertz CT molecular complexity index is 511. The Morgan fingerprint density at radius 2 is 2.14 bits per heavy atom. The number of hydrogen-bond acceptors (Lipinski definition) is 4. The SMILES string of the molecule is Cc1cnccc1CNCC(=O)N1CCC(C(=O)O)CC1. The number of likely N-dealkylation sites (tertiary alicyclic amines) is 1. The largest absolute Gasteiger partial charge is 0.481 e. The van der Waals surface area contributed by atoms with Gasteiger partial charge in [0, 0.05) is 32.0 Å². The van der Waals surface area contributed by atoms with Crippen molar-refractivity contribution in [3.05, 3.63) is 29.6 Å². The van der Waals surface area contributed by atoms with E-state index in [2.05, 4.69) is 10.3 Å². The summed E-state index contributed by atoms with van der Waals surface area (Å²) in [4.78, 5) is 28.7. The molecule has 0 aromatic carbocycles. The second-order valence-electron chi connectivity index (χ2n) is 5.40. The van der Waals surface area contributed by atoms with E-state index in [0.29, 0.717) is 32.5 Å². The summed E-state index contributed by atoms with van der Waals surface area (Å²) in [7, 11) is 0. The maximum Gasteiger partial charge on any atom is 0.306 e. The highest BCUT2D eigenvalue weighted by Crippen LogP contribution is 2.17. The number of nitrogens with one attached hydrogen (secondary N) is 1. The summed E-state index contributed by atoms with van der Waals surface area (Å²) in [5.74, 6) is -1.03. The summed E-state index contributed by atoms with van der Waals surface area (Å²) in [5, 5.41) is 12.1. The lowest BCUT2D eigenvalue weighted by atomic mass is 9.97. The van der Waals surface area contributed by atoms with Gasteiger partial charge in [-0.1, -0.05) is 0 Å². The molecule has 2 rings (SSSR count). The van der Waals surface area contributed by atoms with E-state index in [4.69, 9.17) is 5.11 Å². The average molecular weight is 291 g/mol. The molecule has 2 N–H and O–H groups in total. The van der Waals surface area contributed by atoms with Crippen LogP contribution < -0.4 is 5.32 Å². The monoisotopic (exact) mass is 291 g/mol. The van der Waals surface area contributed by atoms with Crippen LogP contribution in [0.1, 0.15) is 24.0 Å². The molecule has 1 aromatic heterocycles. The molecule has 2 heterocycles. The molecular formula is C15H21N3O3. The second-order valence-corrected chi connectivity index (χ2v) is 5.40. The van der Waals surface area contributed by atoms with Gasteiger partial charge in [0.05, 0.1) is 12.5 Å². The molecule has 0 saturated carbocycles. The minimum absolute atomic E-state index is 0.0329. The van der Waals surface area contributed by atoms with Gasteiger partial charge in [0.2, 0.25) is 5.91 Å². The molecule has 1 amide bonds. The van der Waals surface area contributed by atoms with Gasteiger partial charge >= 0.3 is 5.97 Å². The molecule has 0 spiro atoms. The van der Waals surface area contributed by atoms with Crippen molar-refractivity contribution in [2.45, 2.75) is 26.3 Å². The van der Waals surface area contributed by atoms with Crippen LogP contribution in [0, 0.1) is 12.8 Å². The number of hydrogen-bond donors (Lipinski definition) is 2. The van der Waals surface area contributed by atoms with E-state index < -0.39 is 5.97 Å². The third-order valence-electron chi connectivity index (χ3n) is 3.93. The summed E-state index contributed by atoms with van der Waals surface area (Å²) < 4.78 is 0.